The van der Waals surface area contributed by atoms with Crippen molar-refractivity contribution in [2.45, 2.75) is 13.8 Å². The van der Waals surface area contributed by atoms with Crippen molar-refractivity contribution < 1.29 is 4.79 Å². The Morgan fingerprint density at radius 3 is 2.14 bits per heavy atom. The third-order valence-electron chi connectivity index (χ3n) is 0.699. The highest BCUT2D eigenvalue weighted by Crippen LogP contribution is 1.87. The zero-order chi connectivity index (χ0) is 5.86. The molecule has 0 atom stereocenters. The van der Waals surface area contributed by atoms with E-state index in [1.165, 1.54) is 0 Å². The van der Waals surface area contributed by atoms with Gasteiger partial charge >= 0.3 is 0 Å². The molecule has 0 aliphatic carbocycles. The van der Waals surface area contributed by atoms with Gasteiger partial charge in [0.05, 0.1) is 0 Å². The zero-order valence-electron chi connectivity index (χ0n) is 4.69. The first kappa shape index (κ1) is 6.47. The average molecular weight is 100 g/mol. The second-order valence-corrected chi connectivity index (χ2v) is 1.70. The van der Waals surface area contributed by atoms with Crippen LogP contribution in [-0.4, -0.2) is 5.91 Å². The second kappa shape index (κ2) is 2.61. The van der Waals surface area contributed by atoms with Crippen LogP contribution in [0.4, 0.5) is 0 Å². The zero-order valence-corrected chi connectivity index (χ0v) is 4.69. The highest BCUT2D eigenvalue weighted by molar-refractivity contribution is 5.77. The summed E-state index contributed by atoms with van der Waals surface area (Å²) >= 11 is 0. The molecular formula is C5H10NO. The van der Waals surface area contributed by atoms with E-state index in [1.54, 1.807) is 0 Å². The van der Waals surface area contributed by atoms with E-state index < -0.39 is 0 Å². The molecule has 0 aliphatic heterocycles. The first-order valence-corrected chi connectivity index (χ1v) is 2.25. The molecular weight excluding hydrogens is 90.1 g/mol. The Balaban J connectivity index is 3.35. The predicted octanol–water partition coefficient (Wildman–Crippen LogP) is 0.550. The van der Waals surface area contributed by atoms with Crippen molar-refractivity contribution in [1.29, 1.82) is 0 Å². The van der Waals surface area contributed by atoms with E-state index in [9.17, 15) is 4.79 Å². The van der Waals surface area contributed by atoms with Gasteiger partial charge in [0.25, 0.3) is 0 Å². The van der Waals surface area contributed by atoms with Crippen LogP contribution in [0.1, 0.15) is 13.8 Å². The van der Waals surface area contributed by atoms with Crippen LogP contribution in [0.15, 0.2) is 0 Å². The molecule has 41 valence electrons. The van der Waals surface area contributed by atoms with Crippen molar-refractivity contribution in [3.8, 4) is 0 Å². The highest BCUT2D eigenvalue weighted by Gasteiger charge is 2.00. The van der Waals surface area contributed by atoms with Crippen molar-refractivity contribution >= 4 is 5.91 Å². The molecule has 0 bridgehead atoms. The summed E-state index contributed by atoms with van der Waals surface area (Å²) in [6.45, 7) is 3.64. The summed E-state index contributed by atoms with van der Waals surface area (Å²) in [6.07, 6.45) is 0. The molecule has 0 aliphatic rings. The van der Waals surface area contributed by atoms with Crippen molar-refractivity contribution in [3.05, 3.63) is 7.05 Å². The summed E-state index contributed by atoms with van der Waals surface area (Å²) in [4.78, 5) is 10.3. The van der Waals surface area contributed by atoms with Crippen molar-refractivity contribution in [3.63, 3.8) is 0 Å². The molecule has 7 heavy (non-hydrogen) atoms. The van der Waals surface area contributed by atoms with Crippen molar-refractivity contribution in [1.82, 2.24) is 5.32 Å². The topological polar surface area (TPSA) is 29.1 Å². The summed E-state index contributed by atoms with van der Waals surface area (Å²) in [5.41, 5.74) is 0. The van der Waals surface area contributed by atoms with E-state index in [0.717, 1.165) is 0 Å². The summed E-state index contributed by atoms with van der Waals surface area (Å²) in [5.74, 6) is 0.0394. The fourth-order valence-electron chi connectivity index (χ4n) is 0.204. The van der Waals surface area contributed by atoms with E-state index >= 15 is 0 Å². The minimum atomic E-state index is -0.0139. The smallest absolute Gasteiger partial charge is 0.222 e. The van der Waals surface area contributed by atoms with E-state index in [4.69, 9.17) is 0 Å². The Hall–Kier alpha value is -0.530. The predicted molar refractivity (Wildman–Crippen MR) is 28.3 cm³/mol. The average Bonchev–Trinajstić information content (AvgIpc) is 1.65. The second-order valence-electron chi connectivity index (χ2n) is 1.70. The molecule has 2 nitrogen and oxygen atoms in total. The van der Waals surface area contributed by atoms with Gasteiger partial charge in [-0.3, -0.25) is 4.79 Å². The third-order valence-corrected chi connectivity index (χ3v) is 0.699. The Kier molecular flexibility index (Phi) is 2.41. The standard InChI is InChI=1S/C5H10NO/c1-4(2)5(7)6-3/h4H,3H2,1-2H3,(H,6,7). The van der Waals surface area contributed by atoms with Gasteiger partial charge in [-0.1, -0.05) is 13.8 Å². The minimum absolute atomic E-state index is 0.0139. The number of amides is 1. The van der Waals surface area contributed by atoms with Gasteiger partial charge in [0.2, 0.25) is 5.91 Å². The molecule has 0 rings (SSSR count). The van der Waals surface area contributed by atoms with Crippen LogP contribution in [0.5, 0.6) is 0 Å². The van der Waals surface area contributed by atoms with Crippen LogP contribution < -0.4 is 5.32 Å². The van der Waals surface area contributed by atoms with Crippen molar-refractivity contribution in [2.24, 2.45) is 5.92 Å². The number of carbonyl (C=O) groups excluding carboxylic acids is 1. The van der Waals surface area contributed by atoms with E-state index in [-0.39, 0.29) is 11.8 Å². The van der Waals surface area contributed by atoms with Gasteiger partial charge in [-0.25, -0.2) is 0 Å². The van der Waals surface area contributed by atoms with Gasteiger partial charge in [0.15, 0.2) is 0 Å². The van der Waals surface area contributed by atoms with Crippen LogP contribution >= 0.6 is 0 Å². The molecule has 0 aromatic carbocycles. The third kappa shape index (κ3) is 2.20. The maximum absolute atomic E-state index is 10.3. The molecule has 1 radical (unpaired) electrons. The Bertz CT molecular complexity index is 68.5. The molecule has 1 amide bonds. The molecule has 0 aromatic heterocycles. The highest BCUT2D eigenvalue weighted by atomic mass is 16.1. The maximum atomic E-state index is 10.3. The number of hydrogen-bond donors (Lipinski definition) is 1. The van der Waals surface area contributed by atoms with Crippen molar-refractivity contribution in [2.75, 3.05) is 0 Å². The lowest BCUT2D eigenvalue weighted by Gasteiger charge is -1.98. The van der Waals surface area contributed by atoms with Gasteiger partial charge in [0, 0.05) is 13.0 Å². The number of rotatable bonds is 1. The molecule has 2 heteroatoms. The molecule has 0 spiro atoms. The summed E-state index contributed by atoms with van der Waals surface area (Å²) < 4.78 is 0. The SMILES string of the molecule is [CH2]NC(=O)C(C)C. The van der Waals surface area contributed by atoms with Crippen LogP contribution in [0, 0.1) is 13.0 Å². The summed E-state index contributed by atoms with van der Waals surface area (Å²) in [6, 6.07) is 0. The Morgan fingerprint density at radius 1 is 1.71 bits per heavy atom. The largest absolute Gasteiger partial charge is 0.354 e. The Morgan fingerprint density at radius 2 is 2.14 bits per heavy atom. The number of hydrogen-bond acceptors (Lipinski definition) is 1. The lowest BCUT2D eigenvalue weighted by atomic mass is 10.2. The van der Waals surface area contributed by atoms with Gasteiger partial charge in [-0.15, -0.1) is 0 Å². The monoisotopic (exact) mass is 100 g/mol. The number of nitrogens with one attached hydrogen (secondary N) is 1. The van der Waals surface area contributed by atoms with Crippen LogP contribution in [-0.2, 0) is 4.79 Å². The van der Waals surface area contributed by atoms with E-state index in [0.29, 0.717) is 0 Å². The molecule has 0 aromatic rings. The number of carbonyl (C=O) groups is 1. The molecule has 1 N–H and O–H groups in total. The van der Waals surface area contributed by atoms with Gasteiger partial charge in [0.1, 0.15) is 0 Å². The molecule has 0 fully saturated rings. The quantitative estimate of drug-likeness (QED) is 0.512. The lowest BCUT2D eigenvalue weighted by Crippen LogP contribution is -2.20. The molecule has 0 saturated heterocycles. The fourth-order valence-corrected chi connectivity index (χ4v) is 0.204. The lowest BCUT2D eigenvalue weighted by molar-refractivity contribution is -0.123. The molecule has 0 unspecified atom stereocenters. The molecule has 0 heterocycles. The normalized spacial score (nSPS) is 9.14. The maximum Gasteiger partial charge on any atom is 0.222 e. The summed E-state index contributed by atoms with van der Waals surface area (Å²) in [7, 11) is 3.21. The van der Waals surface area contributed by atoms with Gasteiger partial charge < -0.3 is 5.32 Å². The van der Waals surface area contributed by atoms with Crippen LogP contribution in [0.3, 0.4) is 0 Å². The van der Waals surface area contributed by atoms with Gasteiger partial charge in [-0.2, -0.15) is 0 Å². The minimum Gasteiger partial charge on any atom is -0.354 e. The first-order valence-electron chi connectivity index (χ1n) is 2.25. The van der Waals surface area contributed by atoms with Crippen LogP contribution in [0.2, 0.25) is 0 Å². The molecule has 0 saturated carbocycles. The Labute approximate surface area is 43.9 Å². The first-order chi connectivity index (χ1) is 3.18. The fraction of sp³-hybridized carbons (Fsp3) is 0.600. The van der Waals surface area contributed by atoms with Gasteiger partial charge in [-0.05, 0) is 0 Å². The van der Waals surface area contributed by atoms with E-state index in [1.807, 2.05) is 13.8 Å². The van der Waals surface area contributed by atoms with E-state index in [2.05, 4.69) is 12.4 Å². The van der Waals surface area contributed by atoms with Crippen LogP contribution in [0.25, 0.3) is 0 Å². The summed E-state index contributed by atoms with van der Waals surface area (Å²) in [5, 5.41) is 2.28.